The summed E-state index contributed by atoms with van der Waals surface area (Å²) < 4.78 is 0. The first-order chi connectivity index (χ1) is 8.28. The fourth-order valence-corrected chi connectivity index (χ4v) is 3.02. The van der Waals surface area contributed by atoms with Gasteiger partial charge in [0.15, 0.2) is 0 Å². The number of rotatable bonds is 1. The lowest BCUT2D eigenvalue weighted by Crippen LogP contribution is -2.34. The van der Waals surface area contributed by atoms with Gasteiger partial charge in [-0.2, -0.15) is 5.26 Å². The molecule has 17 heavy (non-hydrogen) atoms. The zero-order chi connectivity index (χ0) is 11.8. The topological polar surface area (TPSA) is 27.0 Å². The van der Waals surface area contributed by atoms with E-state index in [-0.39, 0.29) is 0 Å². The summed E-state index contributed by atoms with van der Waals surface area (Å²) in [6.07, 6.45) is 6.17. The molecule has 2 bridgehead atoms. The first-order valence-corrected chi connectivity index (χ1v) is 6.21. The Kier molecular flexibility index (Phi) is 2.49. The molecule has 0 aromatic heterocycles. The number of nitriles is 1. The minimum Gasteiger partial charge on any atom is -0.297 e. The first-order valence-electron chi connectivity index (χ1n) is 6.21. The molecule has 0 saturated carbocycles. The van der Waals surface area contributed by atoms with Gasteiger partial charge in [0.05, 0.1) is 11.6 Å². The molecule has 3 rings (SSSR count). The Morgan fingerprint density at radius 1 is 1.24 bits per heavy atom. The summed E-state index contributed by atoms with van der Waals surface area (Å²) in [7, 11) is 2.23. The van der Waals surface area contributed by atoms with Gasteiger partial charge in [0, 0.05) is 12.1 Å². The van der Waals surface area contributed by atoms with Gasteiger partial charge in [-0.15, -0.1) is 0 Å². The third-order valence-electron chi connectivity index (χ3n) is 4.13. The summed E-state index contributed by atoms with van der Waals surface area (Å²) in [6, 6.07) is 11.5. The normalized spacial score (nSPS) is 27.6. The molecule has 1 aromatic carbocycles. The van der Waals surface area contributed by atoms with Crippen LogP contribution in [0.1, 0.15) is 30.4 Å². The highest BCUT2D eigenvalue weighted by atomic mass is 15.2. The van der Waals surface area contributed by atoms with Gasteiger partial charge in [0.25, 0.3) is 0 Å². The number of likely N-dealkylation sites (N-methyl/N-ethyl adjacent to an activating group) is 1. The van der Waals surface area contributed by atoms with Crippen molar-refractivity contribution in [1.29, 1.82) is 5.26 Å². The molecule has 2 heterocycles. The van der Waals surface area contributed by atoms with Crippen LogP contribution in [0.2, 0.25) is 0 Å². The van der Waals surface area contributed by atoms with Gasteiger partial charge in [-0.25, -0.2) is 0 Å². The van der Waals surface area contributed by atoms with Crippen molar-refractivity contribution in [2.45, 2.75) is 31.3 Å². The van der Waals surface area contributed by atoms with Crippen LogP contribution < -0.4 is 0 Å². The van der Waals surface area contributed by atoms with Gasteiger partial charge < -0.3 is 0 Å². The number of nitrogens with zero attached hydrogens (tertiary/aromatic N) is 2. The SMILES string of the molecule is CN1C2C=C(c3ccc(C#N)cc3)CC1CC2. The molecule has 0 radical (unpaired) electrons. The smallest absolute Gasteiger partial charge is 0.0991 e. The molecule has 2 heteroatoms. The van der Waals surface area contributed by atoms with Crippen LogP contribution in [0.3, 0.4) is 0 Å². The van der Waals surface area contributed by atoms with Crippen molar-refractivity contribution < 1.29 is 0 Å². The van der Waals surface area contributed by atoms with E-state index in [1.807, 2.05) is 12.1 Å². The molecule has 2 atom stereocenters. The molecular formula is C15H16N2. The van der Waals surface area contributed by atoms with Crippen LogP contribution in [0.5, 0.6) is 0 Å². The second-order valence-electron chi connectivity index (χ2n) is 5.05. The quantitative estimate of drug-likeness (QED) is 0.733. The average Bonchev–Trinajstić information content (AvgIpc) is 2.61. The Morgan fingerprint density at radius 3 is 2.65 bits per heavy atom. The molecule has 2 aliphatic rings. The van der Waals surface area contributed by atoms with E-state index < -0.39 is 0 Å². The van der Waals surface area contributed by atoms with Crippen molar-refractivity contribution in [1.82, 2.24) is 4.90 Å². The van der Waals surface area contributed by atoms with Gasteiger partial charge in [-0.05, 0) is 49.6 Å². The van der Waals surface area contributed by atoms with Crippen LogP contribution in [-0.2, 0) is 0 Å². The van der Waals surface area contributed by atoms with Crippen molar-refractivity contribution in [2.75, 3.05) is 7.05 Å². The van der Waals surface area contributed by atoms with Gasteiger partial charge in [0.1, 0.15) is 0 Å². The van der Waals surface area contributed by atoms with E-state index in [1.54, 1.807) is 0 Å². The van der Waals surface area contributed by atoms with Crippen LogP contribution in [0.15, 0.2) is 30.3 Å². The van der Waals surface area contributed by atoms with Crippen molar-refractivity contribution >= 4 is 5.57 Å². The lowest BCUT2D eigenvalue weighted by atomic mass is 9.94. The second-order valence-corrected chi connectivity index (χ2v) is 5.05. The molecule has 0 amide bonds. The summed E-state index contributed by atoms with van der Waals surface area (Å²) in [5, 5.41) is 8.80. The predicted octanol–water partition coefficient (Wildman–Crippen LogP) is 2.81. The van der Waals surface area contributed by atoms with Crippen LogP contribution in [-0.4, -0.2) is 24.0 Å². The minimum atomic E-state index is 0.624. The van der Waals surface area contributed by atoms with E-state index in [0.29, 0.717) is 6.04 Å². The van der Waals surface area contributed by atoms with Gasteiger partial charge in [0.2, 0.25) is 0 Å². The van der Waals surface area contributed by atoms with Gasteiger partial charge in [-0.3, -0.25) is 4.90 Å². The van der Waals surface area contributed by atoms with E-state index in [0.717, 1.165) is 18.0 Å². The van der Waals surface area contributed by atoms with E-state index in [4.69, 9.17) is 5.26 Å². The Hall–Kier alpha value is -1.59. The van der Waals surface area contributed by atoms with E-state index in [1.165, 1.54) is 24.0 Å². The highest BCUT2D eigenvalue weighted by Crippen LogP contribution is 2.37. The molecule has 1 fully saturated rings. The second kappa shape index (κ2) is 4.01. The molecule has 2 aliphatic heterocycles. The summed E-state index contributed by atoms with van der Waals surface area (Å²) in [6.45, 7) is 0. The highest BCUT2D eigenvalue weighted by molar-refractivity contribution is 5.68. The van der Waals surface area contributed by atoms with Crippen LogP contribution in [0.25, 0.3) is 5.57 Å². The number of benzene rings is 1. The third-order valence-corrected chi connectivity index (χ3v) is 4.13. The summed E-state index contributed by atoms with van der Waals surface area (Å²) >= 11 is 0. The zero-order valence-electron chi connectivity index (χ0n) is 10.1. The standard InChI is InChI=1S/C15H16N2/c1-17-14-6-7-15(17)9-13(8-14)12-4-2-11(10-16)3-5-12/h2-5,8,14-15H,6-7,9H2,1H3. The van der Waals surface area contributed by atoms with Crippen LogP contribution >= 0.6 is 0 Å². The summed E-state index contributed by atoms with van der Waals surface area (Å²) in [4.78, 5) is 2.49. The maximum Gasteiger partial charge on any atom is 0.0991 e. The fraction of sp³-hybridized carbons (Fsp3) is 0.400. The van der Waals surface area contributed by atoms with Crippen LogP contribution in [0.4, 0.5) is 0 Å². The molecular weight excluding hydrogens is 208 g/mol. The summed E-state index contributed by atoms with van der Waals surface area (Å²) in [5.74, 6) is 0. The van der Waals surface area contributed by atoms with Crippen molar-refractivity contribution in [2.24, 2.45) is 0 Å². The lowest BCUT2D eigenvalue weighted by Gasteiger charge is -2.30. The zero-order valence-corrected chi connectivity index (χ0v) is 10.1. The van der Waals surface area contributed by atoms with E-state index in [2.05, 4.69) is 36.2 Å². The largest absolute Gasteiger partial charge is 0.297 e. The lowest BCUT2D eigenvalue weighted by molar-refractivity contribution is 0.264. The van der Waals surface area contributed by atoms with Crippen molar-refractivity contribution in [3.8, 4) is 6.07 Å². The van der Waals surface area contributed by atoms with Crippen molar-refractivity contribution in [3.63, 3.8) is 0 Å². The number of hydrogen-bond donors (Lipinski definition) is 0. The summed E-state index contributed by atoms with van der Waals surface area (Å²) in [5.41, 5.74) is 3.49. The average molecular weight is 224 g/mol. The molecule has 2 unspecified atom stereocenters. The third kappa shape index (κ3) is 1.77. The first kappa shape index (κ1) is 10.6. The molecule has 0 spiro atoms. The highest BCUT2D eigenvalue weighted by Gasteiger charge is 2.33. The Balaban J connectivity index is 1.90. The van der Waals surface area contributed by atoms with Crippen molar-refractivity contribution in [3.05, 3.63) is 41.5 Å². The Bertz CT molecular complexity index is 493. The molecule has 1 saturated heterocycles. The van der Waals surface area contributed by atoms with E-state index in [9.17, 15) is 0 Å². The maximum absolute atomic E-state index is 8.80. The predicted molar refractivity (Wildman–Crippen MR) is 68.3 cm³/mol. The maximum atomic E-state index is 8.80. The minimum absolute atomic E-state index is 0.624. The molecule has 2 nitrogen and oxygen atoms in total. The van der Waals surface area contributed by atoms with E-state index >= 15 is 0 Å². The van der Waals surface area contributed by atoms with Gasteiger partial charge >= 0.3 is 0 Å². The molecule has 0 aliphatic carbocycles. The molecule has 86 valence electrons. The Morgan fingerprint density at radius 2 is 2.00 bits per heavy atom. The fourth-order valence-electron chi connectivity index (χ4n) is 3.02. The Labute approximate surface area is 102 Å². The molecule has 0 N–H and O–H groups in total. The monoisotopic (exact) mass is 224 g/mol. The van der Waals surface area contributed by atoms with Gasteiger partial charge in [-0.1, -0.05) is 18.2 Å². The number of fused-ring (bicyclic) bond motifs is 2. The van der Waals surface area contributed by atoms with Crippen LogP contribution in [0, 0.1) is 11.3 Å². The number of hydrogen-bond acceptors (Lipinski definition) is 2. The molecule has 1 aromatic rings.